The summed E-state index contributed by atoms with van der Waals surface area (Å²) in [5.41, 5.74) is 1.42. The summed E-state index contributed by atoms with van der Waals surface area (Å²) in [6, 6.07) is 7.19. The Kier molecular flexibility index (Phi) is 9.41. The van der Waals surface area contributed by atoms with E-state index < -0.39 is 0 Å². The maximum absolute atomic E-state index is 11.9. The van der Waals surface area contributed by atoms with Crippen LogP contribution in [0.5, 0.6) is 0 Å². The molecule has 0 atom stereocenters. The van der Waals surface area contributed by atoms with Crippen molar-refractivity contribution in [1.82, 2.24) is 10.6 Å². The van der Waals surface area contributed by atoms with Gasteiger partial charge in [0.15, 0.2) is 5.96 Å². The van der Waals surface area contributed by atoms with Crippen LogP contribution in [0.4, 0.5) is 5.69 Å². The first kappa shape index (κ1) is 18.9. The molecule has 0 spiro atoms. The van der Waals surface area contributed by atoms with Gasteiger partial charge in [-0.05, 0) is 43.0 Å². The predicted molar refractivity (Wildman–Crippen MR) is 100.0 cm³/mol. The first-order chi connectivity index (χ1) is 11.2. The fourth-order valence-corrected chi connectivity index (χ4v) is 2.35. The average Bonchev–Trinajstić information content (AvgIpc) is 2.57. The van der Waals surface area contributed by atoms with Crippen LogP contribution < -0.4 is 16.0 Å². The Morgan fingerprint density at radius 3 is 2.87 bits per heavy atom. The van der Waals surface area contributed by atoms with Crippen LogP contribution in [-0.2, 0) is 4.79 Å². The third kappa shape index (κ3) is 8.17. The number of nitrogens with zero attached hydrogens (tertiary/aromatic N) is 1. The molecule has 1 amide bonds. The quantitative estimate of drug-likeness (QED) is 0.294. The second-order valence-corrected chi connectivity index (χ2v) is 5.81. The molecule has 1 aromatic rings. The molecule has 6 heteroatoms. The van der Waals surface area contributed by atoms with Crippen LogP contribution in [0.3, 0.4) is 0 Å². The lowest BCUT2D eigenvalue weighted by Crippen LogP contribution is -2.41. The molecule has 0 unspecified atom stereocenters. The molecule has 0 saturated carbocycles. The fraction of sp³-hybridized carbons (Fsp3) is 0.412. The molecule has 5 nitrogen and oxygen atoms in total. The van der Waals surface area contributed by atoms with E-state index in [1.165, 1.54) is 0 Å². The molecule has 0 aliphatic carbocycles. The van der Waals surface area contributed by atoms with Gasteiger partial charge in [0.2, 0.25) is 5.91 Å². The maximum atomic E-state index is 11.9. The molecular weight excluding hydrogens is 308 g/mol. The Balaban J connectivity index is 2.31. The van der Waals surface area contributed by atoms with Crippen molar-refractivity contribution in [2.75, 3.05) is 37.5 Å². The monoisotopic (exact) mass is 332 g/mol. The molecule has 124 valence electrons. The van der Waals surface area contributed by atoms with E-state index in [1.807, 2.05) is 23.9 Å². The molecule has 0 bridgehead atoms. The van der Waals surface area contributed by atoms with E-state index in [9.17, 15) is 4.79 Å². The van der Waals surface area contributed by atoms with Gasteiger partial charge in [0.1, 0.15) is 0 Å². The van der Waals surface area contributed by atoms with E-state index in [4.69, 9.17) is 6.42 Å². The summed E-state index contributed by atoms with van der Waals surface area (Å²) >= 11 is 1.84. The Morgan fingerprint density at radius 2 is 2.17 bits per heavy atom. The minimum atomic E-state index is -0.149. The fourth-order valence-electron chi connectivity index (χ4n) is 1.85. The van der Waals surface area contributed by atoms with E-state index in [-0.39, 0.29) is 12.5 Å². The largest absolute Gasteiger partial charge is 0.356 e. The second-order valence-electron chi connectivity index (χ2n) is 4.83. The molecule has 0 heterocycles. The van der Waals surface area contributed by atoms with Crippen molar-refractivity contribution >= 4 is 29.3 Å². The van der Waals surface area contributed by atoms with Crippen LogP contribution in [0.1, 0.15) is 18.4 Å². The molecule has 1 rings (SSSR count). The van der Waals surface area contributed by atoms with Crippen LogP contribution in [0.2, 0.25) is 0 Å². The average molecular weight is 332 g/mol. The highest BCUT2D eigenvalue weighted by Crippen LogP contribution is 2.09. The number of unbranched alkanes of at least 4 members (excludes halogenated alkanes) is 1. The van der Waals surface area contributed by atoms with E-state index >= 15 is 0 Å². The van der Waals surface area contributed by atoms with Gasteiger partial charge in [-0.15, -0.1) is 6.42 Å². The summed E-state index contributed by atoms with van der Waals surface area (Å²) in [6.07, 6.45) is 9.69. The highest BCUT2D eigenvalue weighted by atomic mass is 32.2. The minimum Gasteiger partial charge on any atom is -0.356 e. The van der Waals surface area contributed by atoms with Crippen molar-refractivity contribution in [2.45, 2.75) is 12.8 Å². The zero-order valence-electron chi connectivity index (χ0n) is 13.7. The maximum Gasteiger partial charge on any atom is 0.243 e. The molecule has 0 fully saturated rings. The number of anilines is 1. The Morgan fingerprint density at radius 1 is 1.35 bits per heavy atom. The summed E-state index contributed by atoms with van der Waals surface area (Å²) in [5, 5.41) is 8.98. The molecule has 3 N–H and O–H groups in total. The lowest BCUT2D eigenvalue weighted by molar-refractivity contribution is -0.115. The normalized spacial score (nSPS) is 10.7. The van der Waals surface area contributed by atoms with Crippen molar-refractivity contribution in [3.63, 3.8) is 0 Å². The zero-order valence-corrected chi connectivity index (χ0v) is 14.5. The van der Waals surface area contributed by atoms with Gasteiger partial charge < -0.3 is 16.0 Å². The number of carbonyl (C=O) groups excluding carboxylic acids is 1. The predicted octanol–water partition coefficient (Wildman–Crippen LogP) is 1.91. The number of nitrogens with one attached hydrogen (secondary N) is 3. The summed E-state index contributed by atoms with van der Waals surface area (Å²) in [6.45, 7) is 0.983. The molecular formula is C17H24N4OS. The summed E-state index contributed by atoms with van der Waals surface area (Å²) < 4.78 is 0. The van der Waals surface area contributed by atoms with Crippen LogP contribution in [-0.4, -0.2) is 44.0 Å². The van der Waals surface area contributed by atoms with Crippen molar-refractivity contribution in [3.8, 4) is 12.3 Å². The van der Waals surface area contributed by atoms with Gasteiger partial charge in [-0.3, -0.25) is 9.79 Å². The lowest BCUT2D eigenvalue weighted by atomic mass is 10.2. The van der Waals surface area contributed by atoms with Gasteiger partial charge in [-0.1, -0.05) is 12.0 Å². The minimum absolute atomic E-state index is 0.144. The number of rotatable bonds is 8. The van der Waals surface area contributed by atoms with E-state index in [1.54, 1.807) is 19.2 Å². The van der Waals surface area contributed by atoms with E-state index in [0.717, 1.165) is 30.7 Å². The molecule has 23 heavy (non-hydrogen) atoms. The van der Waals surface area contributed by atoms with Gasteiger partial charge in [0, 0.05) is 24.8 Å². The van der Waals surface area contributed by atoms with Gasteiger partial charge in [0.25, 0.3) is 0 Å². The van der Waals surface area contributed by atoms with Crippen LogP contribution in [0, 0.1) is 12.3 Å². The van der Waals surface area contributed by atoms with Crippen molar-refractivity contribution < 1.29 is 4.79 Å². The number of benzene rings is 1. The Bertz CT molecular complexity index is 566. The summed E-state index contributed by atoms with van der Waals surface area (Å²) in [7, 11) is 1.69. The van der Waals surface area contributed by atoms with Gasteiger partial charge >= 0.3 is 0 Å². The lowest BCUT2D eigenvalue weighted by Gasteiger charge is -2.12. The first-order valence-electron chi connectivity index (χ1n) is 7.49. The highest BCUT2D eigenvalue weighted by molar-refractivity contribution is 7.98. The first-order valence-corrected chi connectivity index (χ1v) is 8.89. The number of carbonyl (C=O) groups is 1. The van der Waals surface area contributed by atoms with Gasteiger partial charge in [-0.25, -0.2) is 0 Å². The molecule has 0 radical (unpaired) electrons. The molecule has 1 aromatic carbocycles. The number of hydrogen-bond acceptors (Lipinski definition) is 3. The highest BCUT2D eigenvalue weighted by Gasteiger charge is 2.04. The van der Waals surface area contributed by atoms with E-state index in [0.29, 0.717) is 11.6 Å². The number of terminal acetylenes is 1. The Hall–Kier alpha value is -2.13. The standard InChI is InChI=1S/C17H24N4OS/c1-4-14-8-7-9-15(12-14)21-16(22)13-20-17(18-2)19-10-5-6-11-23-3/h1,7-9,12H,5-6,10-11,13H2,2-3H3,(H,21,22)(H2,18,19,20). The zero-order chi connectivity index (χ0) is 16.9. The number of aliphatic imine (C=N–C) groups is 1. The smallest absolute Gasteiger partial charge is 0.243 e. The third-order valence-corrected chi connectivity index (χ3v) is 3.72. The van der Waals surface area contributed by atoms with Crippen LogP contribution in [0.25, 0.3) is 0 Å². The molecule has 0 aliphatic heterocycles. The summed E-state index contributed by atoms with van der Waals surface area (Å²) in [5.74, 6) is 4.18. The number of guanidine groups is 1. The van der Waals surface area contributed by atoms with E-state index in [2.05, 4.69) is 33.1 Å². The number of hydrogen-bond donors (Lipinski definition) is 3. The number of amides is 1. The second kappa shape index (κ2) is 11.4. The van der Waals surface area contributed by atoms with Crippen molar-refractivity contribution in [3.05, 3.63) is 29.8 Å². The summed E-state index contributed by atoms with van der Waals surface area (Å²) in [4.78, 5) is 16.0. The number of thioether (sulfide) groups is 1. The molecule has 0 aromatic heterocycles. The van der Waals surface area contributed by atoms with Gasteiger partial charge in [0.05, 0.1) is 6.54 Å². The van der Waals surface area contributed by atoms with Gasteiger partial charge in [-0.2, -0.15) is 11.8 Å². The van der Waals surface area contributed by atoms with Crippen molar-refractivity contribution in [1.29, 1.82) is 0 Å². The third-order valence-electron chi connectivity index (χ3n) is 3.02. The topological polar surface area (TPSA) is 65.5 Å². The molecule has 0 saturated heterocycles. The van der Waals surface area contributed by atoms with Crippen LogP contribution >= 0.6 is 11.8 Å². The van der Waals surface area contributed by atoms with Crippen molar-refractivity contribution in [2.24, 2.45) is 4.99 Å². The Labute approximate surface area is 142 Å². The molecule has 0 aliphatic rings. The SMILES string of the molecule is C#Cc1cccc(NC(=O)CNC(=NC)NCCCCSC)c1. The van der Waals surface area contributed by atoms with Crippen LogP contribution in [0.15, 0.2) is 29.3 Å².